The molecule has 1 amide bonds. The molecule has 17 atom stereocenters. The van der Waals surface area contributed by atoms with Gasteiger partial charge in [-0.3, -0.25) is 4.79 Å². The normalized spacial score (nSPS) is 42.0. The van der Waals surface area contributed by atoms with E-state index in [1.165, 1.54) is 0 Å². The van der Waals surface area contributed by atoms with E-state index in [4.69, 9.17) is 41.9 Å². The quantitative estimate of drug-likeness (QED) is 0.0721. The monoisotopic (exact) mass is 698 g/mol. The summed E-state index contributed by atoms with van der Waals surface area (Å²) in [6.07, 6.45) is -17.5. The van der Waals surface area contributed by atoms with Gasteiger partial charge in [-0.05, 0) is 38.6 Å². The lowest BCUT2D eigenvalue weighted by Crippen LogP contribution is -2.69. The Morgan fingerprint density at radius 2 is 1.50 bits per heavy atom. The number of aliphatic hydroxyl groups is 6. The van der Waals surface area contributed by atoms with Crippen LogP contribution in [0.1, 0.15) is 52.9 Å². The molecule has 48 heavy (non-hydrogen) atoms. The Kier molecular flexibility index (Phi) is 16.2. The number of ether oxygens (including phenoxy) is 4. The average molecular weight is 699 g/mol. The van der Waals surface area contributed by atoms with E-state index in [2.05, 4.69) is 24.5 Å². The second-order valence-electron chi connectivity index (χ2n) is 13.7. The fraction of sp³-hybridized carbons (Fsp3) is 0.967. The van der Waals surface area contributed by atoms with Crippen molar-refractivity contribution >= 4 is 5.91 Å². The van der Waals surface area contributed by atoms with Crippen LogP contribution in [0.4, 0.5) is 4.39 Å². The molecule has 0 bridgehead atoms. The first kappa shape index (κ1) is 41.2. The molecule has 0 aromatic carbocycles. The molecule has 3 rings (SSSR count). The van der Waals surface area contributed by atoms with Gasteiger partial charge in [0.05, 0.1) is 18.2 Å². The van der Waals surface area contributed by atoms with Crippen molar-refractivity contribution in [2.75, 3.05) is 19.6 Å². The highest BCUT2D eigenvalue weighted by atomic mass is 19.1. The SMILES string of the molecule is CC(C)CCCC(C)NC[C@@H]1O[C@@H](O[C@H]2[C@@H](F)[C@H](O[C@@H]3O[C@H](CN)[C@@H](O)[C@H](O)[C@H]3O)[C@H](N)C[C@H]2NC(=O)[C@@H](O)CCN)[C@@H](O)[C@H](N)[C@H]1O. The van der Waals surface area contributed by atoms with Crippen molar-refractivity contribution < 1.29 is 58.8 Å². The Bertz CT molecular complexity index is 978. The van der Waals surface area contributed by atoms with Crippen LogP contribution in [-0.2, 0) is 23.7 Å². The van der Waals surface area contributed by atoms with Crippen LogP contribution in [0.2, 0.25) is 0 Å². The maximum Gasteiger partial charge on any atom is 0.249 e. The van der Waals surface area contributed by atoms with Crippen molar-refractivity contribution in [3.8, 4) is 0 Å². The highest BCUT2D eigenvalue weighted by molar-refractivity contribution is 5.80. The van der Waals surface area contributed by atoms with E-state index in [-0.39, 0.29) is 38.5 Å². The van der Waals surface area contributed by atoms with Crippen LogP contribution in [0.25, 0.3) is 0 Å². The van der Waals surface area contributed by atoms with Gasteiger partial charge in [-0.25, -0.2) is 4.39 Å². The highest BCUT2D eigenvalue weighted by Crippen LogP contribution is 2.33. The largest absolute Gasteiger partial charge is 0.389 e. The van der Waals surface area contributed by atoms with Crippen molar-refractivity contribution in [1.82, 2.24) is 10.6 Å². The molecule has 2 saturated heterocycles. The fourth-order valence-corrected chi connectivity index (χ4v) is 6.29. The Balaban J connectivity index is 1.80. The van der Waals surface area contributed by atoms with Crippen molar-refractivity contribution in [3.63, 3.8) is 0 Å². The number of aliphatic hydroxyl groups excluding tert-OH is 6. The Hall–Kier alpha value is -1.20. The second kappa shape index (κ2) is 18.9. The number of halogens is 1. The number of hydrogen-bond donors (Lipinski definition) is 12. The number of alkyl halides is 1. The van der Waals surface area contributed by atoms with Gasteiger partial charge < -0.3 is 83.2 Å². The van der Waals surface area contributed by atoms with Crippen molar-refractivity contribution in [2.24, 2.45) is 28.9 Å². The number of nitrogens with two attached hydrogens (primary N) is 4. The summed E-state index contributed by atoms with van der Waals surface area (Å²) < 4.78 is 39.7. The first-order valence-electron chi connectivity index (χ1n) is 16.9. The third-order valence-electron chi connectivity index (χ3n) is 9.37. The molecule has 1 unspecified atom stereocenters. The number of hydrogen-bond acceptors (Lipinski definition) is 16. The third-order valence-corrected chi connectivity index (χ3v) is 9.37. The molecule has 0 aromatic heterocycles. The number of rotatable bonds is 16. The maximum atomic E-state index is 16.6. The smallest absolute Gasteiger partial charge is 0.249 e. The van der Waals surface area contributed by atoms with Crippen LogP contribution in [0.5, 0.6) is 0 Å². The van der Waals surface area contributed by atoms with E-state index in [0.717, 1.165) is 19.3 Å². The summed E-state index contributed by atoms with van der Waals surface area (Å²) in [5.74, 6) is -0.297. The number of amides is 1. The van der Waals surface area contributed by atoms with Gasteiger partial charge in [0.15, 0.2) is 18.8 Å². The van der Waals surface area contributed by atoms with Gasteiger partial charge in [0.25, 0.3) is 0 Å². The molecule has 3 aliphatic rings. The van der Waals surface area contributed by atoms with E-state index >= 15 is 4.39 Å². The standard InChI is InChI=1S/C30H59FN6O11/c1-12(2)5-4-6-13(3)36-11-18-21(39)20(35)23(41)29(46-18)48-27-15(37-28(44)16(38)7-8-32)9-14(34)26(19(27)31)47-30-25(43)24(42)22(40)17(10-33)45-30/h12-27,29-30,36,38-43H,4-11,32-35H2,1-3H3,(H,37,44)/t13?,14-,15-,16+,17-,18+,19+,20-,21+,22-,23+,24+,25-,26-,27-,29+,30+/m1/s1. The predicted molar refractivity (Wildman–Crippen MR) is 169 cm³/mol. The van der Waals surface area contributed by atoms with Gasteiger partial charge in [0, 0.05) is 25.2 Å². The van der Waals surface area contributed by atoms with Crippen LogP contribution in [0, 0.1) is 5.92 Å². The van der Waals surface area contributed by atoms with E-state index in [1.54, 1.807) is 0 Å². The van der Waals surface area contributed by atoms with Crippen molar-refractivity contribution in [1.29, 1.82) is 0 Å². The minimum atomic E-state index is -2.18. The summed E-state index contributed by atoms with van der Waals surface area (Å²) in [5.41, 5.74) is 23.5. The molecule has 18 heteroatoms. The Morgan fingerprint density at radius 1 is 0.875 bits per heavy atom. The van der Waals surface area contributed by atoms with E-state index in [9.17, 15) is 35.4 Å². The summed E-state index contributed by atoms with van der Waals surface area (Å²) in [6.45, 7) is 6.18. The lowest BCUT2D eigenvalue weighted by molar-refractivity contribution is -0.326. The highest BCUT2D eigenvalue weighted by Gasteiger charge is 2.53. The Morgan fingerprint density at radius 3 is 2.12 bits per heavy atom. The molecular formula is C30H59FN6O11. The second-order valence-corrected chi connectivity index (χ2v) is 13.7. The molecule has 17 nitrogen and oxygen atoms in total. The van der Waals surface area contributed by atoms with Gasteiger partial charge in [0.2, 0.25) is 5.91 Å². The molecule has 0 aromatic rings. The molecule has 1 aliphatic carbocycles. The van der Waals surface area contributed by atoms with Crippen molar-refractivity contribution in [2.45, 2.75) is 157 Å². The van der Waals surface area contributed by atoms with E-state index in [0.29, 0.717) is 5.92 Å². The van der Waals surface area contributed by atoms with Gasteiger partial charge in [-0.15, -0.1) is 0 Å². The average Bonchev–Trinajstić information content (AvgIpc) is 3.03. The summed E-state index contributed by atoms with van der Waals surface area (Å²) in [5, 5.41) is 68.8. The molecule has 2 aliphatic heterocycles. The molecule has 282 valence electrons. The molecule has 3 fully saturated rings. The fourth-order valence-electron chi connectivity index (χ4n) is 6.29. The van der Waals surface area contributed by atoms with Crippen LogP contribution in [0.3, 0.4) is 0 Å². The first-order chi connectivity index (χ1) is 22.6. The number of carbonyl (C=O) groups is 1. The van der Waals surface area contributed by atoms with Gasteiger partial charge in [-0.1, -0.05) is 26.7 Å². The minimum absolute atomic E-state index is 0.00247. The topological polar surface area (TPSA) is 304 Å². The van der Waals surface area contributed by atoms with E-state index < -0.39 is 104 Å². The van der Waals surface area contributed by atoms with Gasteiger partial charge >= 0.3 is 0 Å². The molecule has 0 spiro atoms. The van der Waals surface area contributed by atoms with Crippen LogP contribution in [0.15, 0.2) is 0 Å². The molecule has 16 N–H and O–H groups in total. The summed E-state index contributed by atoms with van der Waals surface area (Å²) in [4.78, 5) is 12.8. The van der Waals surface area contributed by atoms with Crippen LogP contribution < -0.4 is 33.6 Å². The van der Waals surface area contributed by atoms with Crippen LogP contribution >= 0.6 is 0 Å². The van der Waals surface area contributed by atoms with E-state index in [1.807, 2.05) is 6.92 Å². The molecule has 1 saturated carbocycles. The molecule has 2 heterocycles. The van der Waals surface area contributed by atoms with Crippen molar-refractivity contribution in [3.05, 3.63) is 0 Å². The number of carbonyl (C=O) groups excluding carboxylic acids is 1. The summed E-state index contributed by atoms with van der Waals surface area (Å²) in [6, 6.07) is -3.50. The maximum absolute atomic E-state index is 16.6. The molecular weight excluding hydrogens is 639 g/mol. The molecule has 0 radical (unpaired) electrons. The first-order valence-corrected chi connectivity index (χ1v) is 16.9. The lowest BCUT2D eigenvalue weighted by Gasteiger charge is -2.48. The van der Waals surface area contributed by atoms with Crippen LogP contribution in [-0.4, -0.2) is 160 Å². The minimum Gasteiger partial charge on any atom is -0.389 e. The zero-order valence-corrected chi connectivity index (χ0v) is 28.0. The zero-order valence-electron chi connectivity index (χ0n) is 28.0. The van der Waals surface area contributed by atoms with Gasteiger partial charge in [0.1, 0.15) is 54.9 Å². The van der Waals surface area contributed by atoms with Gasteiger partial charge in [-0.2, -0.15) is 0 Å². The predicted octanol–water partition coefficient (Wildman–Crippen LogP) is -4.63. The lowest BCUT2D eigenvalue weighted by atomic mass is 9.84. The number of nitrogens with one attached hydrogen (secondary N) is 2. The summed E-state index contributed by atoms with van der Waals surface area (Å²) in [7, 11) is 0. The Labute approximate surface area is 280 Å². The zero-order chi connectivity index (χ0) is 35.9. The third kappa shape index (κ3) is 10.4. The summed E-state index contributed by atoms with van der Waals surface area (Å²) >= 11 is 0.